The van der Waals surface area contributed by atoms with Crippen LogP contribution in [0.5, 0.6) is 5.75 Å². The van der Waals surface area contributed by atoms with Gasteiger partial charge >= 0.3 is 5.97 Å². The number of nitrogens with two attached hydrogens (primary N) is 1. The number of aliphatic carboxylic acids is 1. The van der Waals surface area contributed by atoms with E-state index in [1.165, 1.54) is 0 Å². The minimum absolute atomic E-state index is 0.266. The standard InChI is InChI=1S/C13H20N2O3/c1-8-9(2)12(18-4)6-5-11(8)15(3)7-10(14)13(16)17/h5-6,10H,7,14H2,1-4H3,(H,16,17). The Morgan fingerprint density at radius 1 is 1.44 bits per heavy atom. The molecular weight excluding hydrogens is 232 g/mol. The molecule has 0 heterocycles. The van der Waals surface area contributed by atoms with E-state index in [2.05, 4.69) is 0 Å². The van der Waals surface area contributed by atoms with Gasteiger partial charge in [-0.1, -0.05) is 0 Å². The third-order valence-corrected chi connectivity index (χ3v) is 3.13. The molecule has 0 saturated heterocycles. The lowest BCUT2D eigenvalue weighted by Gasteiger charge is -2.24. The molecule has 0 saturated carbocycles. The second-order valence-electron chi connectivity index (χ2n) is 4.36. The first-order chi connectivity index (χ1) is 8.38. The Morgan fingerprint density at radius 2 is 2.06 bits per heavy atom. The molecule has 0 amide bonds. The summed E-state index contributed by atoms with van der Waals surface area (Å²) >= 11 is 0. The van der Waals surface area contributed by atoms with Crippen LogP contribution in [0.1, 0.15) is 11.1 Å². The third-order valence-electron chi connectivity index (χ3n) is 3.13. The molecule has 18 heavy (non-hydrogen) atoms. The zero-order chi connectivity index (χ0) is 13.9. The summed E-state index contributed by atoms with van der Waals surface area (Å²) in [5.41, 5.74) is 8.61. The summed E-state index contributed by atoms with van der Waals surface area (Å²) in [5, 5.41) is 8.81. The summed E-state index contributed by atoms with van der Waals surface area (Å²) < 4.78 is 5.24. The van der Waals surface area contributed by atoms with Crippen LogP contribution in [0, 0.1) is 13.8 Å². The van der Waals surface area contributed by atoms with Gasteiger partial charge < -0.3 is 20.5 Å². The first kappa shape index (κ1) is 14.3. The van der Waals surface area contributed by atoms with E-state index in [4.69, 9.17) is 15.6 Å². The van der Waals surface area contributed by atoms with Gasteiger partial charge in [-0.05, 0) is 37.1 Å². The average Bonchev–Trinajstić information content (AvgIpc) is 2.32. The minimum atomic E-state index is -0.996. The Bertz CT molecular complexity index is 446. The van der Waals surface area contributed by atoms with Crippen LogP contribution >= 0.6 is 0 Å². The molecule has 0 aliphatic carbocycles. The molecule has 5 nitrogen and oxygen atoms in total. The lowest BCUT2D eigenvalue weighted by atomic mass is 10.1. The number of methoxy groups -OCH3 is 1. The average molecular weight is 252 g/mol. The second kappa shape index (κ2) is 5.73. The van der Waals surface area contributed by atoms with Gasteiger partial charge in [-0.3, -0.25) is 4.79 Å². The monoisotopic (exact) mass is 252 g/mol. The Hall–Kier alpha value is -1.75. The van der Waals surface area contributed by atoms with Crippen molar-refractivity contribution in [2.45, 2.75) is 19.9 Å². The van der Waals surface area contributed by atoms with Gasteiger partial charge in [0.2, 0.25) is 0 Å². The fourth-order valence-electron chi connectivity index (χ4n) is 1.89. The van der Waals surface area contributed by atoms with E-state index in [0.717, 1.165) is 22.6 Å². The Morgan fingerprint density at radius 3 is 2.56 bits per heavy atom. The van der Waals surface area contributed by atoms with Crippen LogP contribution in [0.25, 0.3) is 0 Å². The highest BCUT2D eigenvalue weighted by molar-refractivity contribution is 5.74. The van der Waals surface area contributed by atoms with Crippen LogP contribution in [-0.4, -0.2) is 37.8 Å². The predicted molar refractivity (Wildman–Crippen MR) is 71.3 cm³/mol. The lowest BCUT2D eigenvalue weighted by Crippen LogP contribution is -2.41. The Balaban J connectivity index is 2.96. The number of ether oxygens (including phenoxy) is 1. The van der Waals surface area contributed by atoms with Crippen LogP contribution < -0.4 is 15.4 Å². The van der Waals surface area contributed by atoms with Crippen LogP contribution in [0.15, 0.2) is 12.1 Å². The van der Waals surface area contributed by atoms with E-state index in [-0.39, 0.29) is 6.54 Å². The number of benzene rings is 1. The molecule has 100 valence electrons. The van der Waals surface area contributed by atoms with Crippen molar-refractivity contribution in [3.05, 3.63) is 23.3 Å². The summed E-state index contributed by atoms with van der Waals surface area (Å²) in [6.45, 7) is 4.22. The molecule has 0 fully saturated rings. The lowest BCUT2D eigenvalue weighted by molar-refractivity contribution is -0.138. The number of rotatable bonds is 5. The van der Waals surface area contributed by atoms with Gasteiger partial charge in [0.25, 0.3) is 0 Å². The Kier molecular flexibility index (Phi) is 4.55. The van der Waals surface area contributed by atoms with E-state index in [9.17, 15) is 4.79 Å². The highest BCUT2D eigenvalue weighted by Gasteiger charge is 2.16. The number of carboxylic acids is 1. The van der Waals surface area contributed by atoms with Gasteiger partial charge in [-0.15, -0.1) is 0 Å². The zero-order valence-corrected chi connectivity index (χ0v) is 11.2. The molecule has 0 aliphatic heterocycles. The molecular formula is C13H20N2O3. The van der Waals surface area contributed by atoms with E-state index in [1.807, 2.05) is 37.9 Å². The SMILES string of the molecule is COc1ccc(N(C)CC(N)C(=O)O)c(C)c1C. The molecule has 1 rings (SSSR count). The molecule has 0 aliphatic rings. The molecule has 1 aromatic rings. The number of hydrogen-bond acceptors (Lipinski definition) is 4. The maximum Gasteiger partial charge on any atom is 0.322 e. The summed E-state index contributed by atoms with van der Waals surface area (Å²) in [5.74, 6) is -0.170. The quantitative estimate of drug-likeness (QED) is 0.822. The van der Waals surface area contributed by atoms with Gasteiger partial charge in [-0.25, -0.2) is 0 Å². The number of likely N-dealkylation sites (N-methyl/N-ethyl adjacent to an activating group) is 1. The van der Waals surface area contributed by atoms with Gasteiger partial charge in [0.1, 0.15) is 11.8 Å². The normalized spacial score (nSPS) is 12.1. The van der Waals surface area contributed by atoms with Crippen LogP contribution in [-0.2, 0) is 4.79 Å². The third kappa shape index (κ3) is 2.92. The predicted octanol–water partition coefficient (Wildman–Crippen LogP) is 1.16. The molecule has 1 atom stereocenters. The van der Waals surface area contributed by atoms with Crippen LogP contribution in [0.4, 0.5) is 5.69 Å². The molecule has 1 unspecified atom stereocenters. The van der Waals surface area contributed by atoms with Crippen LogP contribution in [0.2, 0.25) is 0 Å². The number of carbonyl (C=O) groups is 1. The van der Waals surface area contributed by atoms with Gasteiger partial charge in [0.05, 0.1) is 7.11 Å². The highest BCUT2D eigenvalue weighted by Crippen LogP contribution is 2.29. The number of anilines is 1. The van der Waals surface area contributed by atoms with Gasteiger partial charge in [0, 0.05) is 19.3 Å². The summed E-state index contributed by atoms with van der Waals surface area (Å²) in [4.78, 5) is 12.6. The van der Waals surface area contributed by atoms with Crippen molar-refractivity contribution in [3.63, 3.8) is 0 Å². The topological polar surface area (TPSA) is 75.8 Å². The smallest absolute Gasteiger partial charge is 0.322 e. The van der Waals surface area contributed by atoms with E-state index in [1.54, 1.807) is 7.11 Å². The van der Waals surface area contributed by atoms with Crippen molar-refractivity contribution in [3.8, 4) is 5.75 Å². The fraction of sp³-hybridized carbons (Fsp3) is 0.462. The van der Waals surface area contributed by atoms with Gasteiger partial charge in [0.15, 0.2) is 0 Å². The van der Waals surface area contributed by atoms with Crippen molar-refractivity contribution in [1.29, 1.82) is 0 Å². The van der Waals surface area contributed by atoms with Crippen molar-refractivity contribution in [2.75, 3.05) is 25.6 Å². The van der Waals surface area contributed by atoms with E-state index >= 15 is 0 Å². The van der Waals surface area contributed by atoms with E-state index < -0.39 is 12.0 Å². The molecule has 0 bridgehead atoms. The van der Waals surface area contributed by atoms with Crippen LogP contribution in [0.3, 0.4) is 0 Å². The minimum Gasteiger partial charge on any atom is -0.496 e. The largest absolute Gasteiger partial charge is 0.496 e. The fourth-order valence-corrected chi connectivity index (χ4v) is 1.89. The number of hydrogen-bond donors (Lipinski definition) is 2. The number of nitrogens with zero attached hydrogens (tertiary/aromatic N) is 1. The van der Waals surface area contributed by atoms with Gasteiger partial charge in [-0.2, -0.15) is 0 Å². The molecule has 0 spiro atoms. The first-order valence-electron chi connectivity index (χ1n) is 5.72. The zero-order valence-electron chi connectivity index (χ0n) is 11.2. The Labute approximate surface area is 107 Å². The first-order valence-corrected chi connectivity index (χ1v) is 5.72. The van der Waals surface area contributed by atoms with Crippen molar-refractivity contribution < 1.29 is 14.6 Å². The number of carboxylic acid groups (broad SMARTS) is 1. The summed E-state index contributed by atoms with van der Waals surface area (Å²) in [6.07, 6.45) is 0. The molecule has 5 heteroatoms. The summed E-state index contributed by atoms with van der Waals surface area (Å²) in [7, 11) is 3.46. The van der Waals surface area contributed by atoms with Crippen molar-refractivity contribution in [2.24, 2.45) is 5.73 Å². The van der Waals surface area contributed by atoms with E-state index in [0.29, 0.717) is 0 Å². The van der Waals surface area contributed by atoms with Crippen molar-refractivity contribution in [1.82, 2.24) is 0 Å². The van der Waals surface area contributed by atoms with Crippen molar-refractivity contribution >= 4 is 11.7 Å². The maximum absolute atomic E-state index is 10.7. The molecule has 0 aromatic heterocycles. The molecule has 0 radical (unpaired) electrons. The summed E-state index contributed by atoms with van der Waals surface area (Å²) in [6, 6.07) is 2.90. The highest BCUT2D eigenvalue weighted by atomic mass is 16.5. The molecule has 1 aromatic carbocycles. The second-order valence-corrected chi connectivity index (χ2v) is 4.36. The maximum atomic E-state index is 10.7. The molecule has 3 N–H and O–H groups in total.